The molecule has 0 bridgehead atoms. The Hall–Kier alpha value is -1.39. The first kappa shape index (κ1) is 16.0. The molecule has 21 heavy (non-hydrogen) atoms. The fourth-order valence-corrected chi connectivity index (χ4v) is 2.77. The van der Waals surface area contributed by atoms with Gasteiger partial charge in [0, 0.05) is 13.2 Å². The van der Waals surface area contributed by atoms with Crippen LogP contribution in [-0.2, 0) is 27.4 Å². The molecule has 1 fully saturated rings. The number of carbonyl (C=O) groups is 1. The van der Waals surface area contributed by atoms with Gasteiger partial charge in [0.1, 0.15) is 6.10 Å². The predicted octanol–water partition coefficient (Wildman–Crippen LogP) is 2.65. The number of ether oxygens (including phenoxy) is 2. The van der Waals surface area contributed by atoms with E-state index < -0.39 is 0 Å². The van der Waals surface area contributed by atoms with Crippen molar-refractivity contribution in [3.63, 3.8) is 0 Å². The lowest BCUT2D eigenvalue weighted by molar-refractivity contribution is -0.133. The quantitative estimate of drug-likeness (QED) is 0.876. The molecular weight excluding hydrogens is 266 g/mol. The smallest absolute Gasteiger partial charge is 0.249 e. The molecule has 0 aromatic heterocycles. The number of hydrogen-bond donors (Lipinski definition) is 1. The van der Waals surface area contributed by atoms with Crippen LogP contribution in [-0.4, -0.2) is 24.7 Å². The van der Waals surface area contributed by atoms with Gasteiger partial charge in [0.2, 0.25) is 5.91 Å². The van der Waals surface area contributed by atoms with Gasteiger partial charge in [-0.1, -0.05) is 31.2 Å². The average Bonchev–Trinajstić information content (AvgIpc) is 2.82. The largest absolute Gasteiger partial charge is 0.377 e. The SMILES string of the molecule is CCOCc1ccccc1CNC(=O)[C@@H]1O[C@@H](C)C[C@H]1C. The summed E-state index contributed by atoms with van der Waals surface area (Å²) in [6, 6.07) is 8.03. The van der Waals surface area contributed by atoms with E-state index in [4.69, 9.17) is 9.47 Å². The maximum atomic E-state index is 12.2. The molecule has 0 spiro atoms. The molecule has 4 heteroatoms. The normalized spacial score (nSPS) is 25.0. The third-order valence-corrected chi connectivity index (χ3v) is 3.89. The summed E-state index contributed by atoms with van der Waals surface area (Å²) in [5.74, 6) is 0.261. The highest BCUT2D eigenvalue weighted by molar-refractivity contribution is 5.81. The summed E-state index contributed by atoms with van der Waals surface area (Å²) in [7, 11) is 0. The lowest BCUT2D eigenvalue weighted by Gasteiger charge is -2.16. The van der Waals surface area contributed by atoms with E-state index >= 15 is 0 Å². The zero-order chi connectivity index (χ0) is 15.2. The number of nitrogens with one attached hydrogen (secondary N) is 1. The van der Waals surface area contributed by atoms with E-state index in [2.05, 4.69) is 12.2 Å². The summed E-state index contributed by atoms with van der Waals surface area (Å²) in [4.78, 5) is 12.2. The summed E-state index contributed by atoms with van der Waals surface area (Å²) in [5, 5.41) is 2.99. The Morgan fingerprint density at radius 1 is 1.33 bits per heavy atom. The molecule has 1 aliphatic rings. The maximum absolute atomic E-state index is 12.2. The summed E-state index contributed by atoms with van der Waals surface area (Å²) < 4.78 is 11.1. The molecular formula is C17H25NO3. The molecule has 0 radical (unpaired) electrons. The number of rotatable bonds is 6. The molecule has 116 valence electrons. The molecule has 4 nitrogen and oxygen atoms in total. The van der Waals surface area contributed by atoms with Gasteiger partial charge in [-0.15, -0.1) is 0 Å². The van der Waals surface area contributed by atoms with Gasteiger partial charge in [0.15, 0.2) is 0 Å². The van der Waals surface area contributed by atoms with Gasteiger partial charge in [0.25, 0.3) is 0 Å². The van der Waals surface area contributed by atoms with Gasteiger partial charge in [0.05, 0.1) is 12.7 Å². The zero-order valence-electron chi connectivity index (χ0n) is 13.1. The van der Waals surface area contributed by atoms with E-state index in [1.807, 2.05) is 38.1 Å². The van der Waals surface area contributed by atoms with Crippen molar-refractivity contribution in [2.24, 2.45) is 5.92 Å². The van der Waals surface area contributed by atoms with Gasteiger partial charge in [-0.05, 0) is 37.3 Å². The number of hydrogen-bond acceptors (Lipinski definition) is 3. The van der Waals surface area contributed by atoms with Crippen LogP contribution in [0.5, 0.6) is 0 Å². The van der Waals surface area contributed by atoms with Crippen LogP contribution in [0.4, 0.5) is 0 Å². The zero-order valence-corrected chi connectivity index (χ0v) is 13.1. The maximum Gasteiger partial charge on any atom is 0.249 e. The molecule has 3 atom stereocenters. The highest BCUT2D eigenvalue weighted by Crippen LogP contribution is 2.25. The van der Waals surface area contributed by atoms with Crippen molar-refractivity contribution in [3.05, 3.63) is 35.4 Å². The van der Waals surface area contributed by atoms with Crippen LogP contribution >= 0.6 is 0 Å². The molecule has 1 heterocycles. The van der Waals surface area contributed by atoms with Crippen molar-refractivity contribution in [3.8, 4) is 0 Å². The Morgan fingerprint density at radius 2 is 2.05 bits per heavy atom. The monoisotopic (exact) mass is 291 g/mol. The second kappa shape index (κ2) is 7.57. The predicted molar refractivity (Wildman–Crippen MR) is 81.7 cm³/mol. The van der Waals surface area contributed by atoms with Crippen LogP contribution < -0.4 is 5.32 Å². The summed E-state index contributed by atoms with van der Waals surface area (Å²) in [5.41, 5.74) is 2.21. The van der Waals surface area contributed by atoms with Crippen LogP contribution in [0.2, 0.25) is 0 Å². The molecule has 0 aliphatic carbocycles. The highest BCUT2D eigenvalue weighted by Gasteiger charge is 2.34. The first-order valence-electron chi connectivity index (χ1n) is 7.69. The second-order valence-corrected chi connectivity index (χ2v) is 5.70. The van der Waals surface area contributed by atoms with Crippen LogP contribution in [0.15, 0.2) is 24.3 Å². The van der Waals surface area contributed by atoms with Crippen molar-refractivity contribution in [1.29, 1.82) is 0 Å². The van der Waals surface area contributed by atoms with E-state index in [-0.39, 0.29) is 24.0 Å². The molecule has 1 aromatic carbocycles. The molecule has 0 saturated carbocycles. The summed E-state index contributed by atoms with van der Waals surface area (Å²) in [6.45, 7) is 7.84. The Bertz CT molecular complexity index is 475. The van der Waals surface area contributed by atoms with Gasteiger partial charge in [-0.3, -0.25) is 4.79 Å². The summed E-state index contributed by atoms with van der Waals surface area (Å²) in [6.07, 6.45) is 0.791. The third kappa shape index (κ3) is 4.29. The minimum Gasteiger partial charge on any atom is -0.377 e. The van der Waals surface area contributed by atoms with Crippen molar-refractivity contribution in [1.82, 2.24) is 5.32 Å². The van der Waals surface area contributed by atoms with Gasteiger partial charge in [-0.25, -0.2) is 0 Å². The Kier molecular flexibility index (Phi) is 5.76. The first-order valence-corrected chi connectivity index (χ1v) is 7.69. The van der Waals surface area contributed by atoms with Crippen LogP contribution in [0, 0.1) is 5.92 Å². The van der Waals surface area contributed by atoms with Gasteiger partial charge >= 0.3 is 0 Å². The molecule has 1 amide bonds. The fourth-order valence-electron chi connectivity index (χ4n) is 2.77. The first-order chi connectivity index (χ1) is 10.1. The van der Waals surface area contributed by atoms with E-state index in [9.17, 15) is 4.79 Å². The molecule has 2 rings (SSSR count). The third-order valence-electron chi connectivity index (χ3n) is 3.89. The Labute approximate surface area is 126 Å². The van der Waals surface area contributed by atoms with E-state index in [1.54, 1.807) is 0 Å². The molecule has 1 N–H and O–H groups in total. The number of benzene rings is 1. The van der Waals surface area contributed by atoms with E-state index in [1.165, 1.54) is 0 Å². The number of carbonyl (C=O) groups excluding carboxylic acids is 1. The average molecular weight is 291 g/mol. The van der Waals surface area contributed by atoms with E-state index in [0.29, 0.717) is 19.8 Å². The Balaban J connectivity index is 1.92. The highest BCUT2D eigenvalue weighted by atomic mass is 16.5. The molecule has 1 saturated heterocycles. The van der Waals surface area contributed by atoms with E-state index in [0.717, 1.165) is 17.5 Å². The minimum absolute atomic E-state index is 0.0157. The molecule has 1 aromatic rings. The number of amides is 1. The molecule has 1 aliphatic heterocycles. The minimum atomic E-state index is -0.320. The summed E-state index contributed by atoms with van der Waals surface area (Å²) >= 11 is 0. The van der Waals surface area contributed by atoms with Crippen molar-refractivity contribution >= 4 is 5.91 Å². The molecule has 0 unspecified atom stereocenters. The van der Waals surface area contributed by atoms with Crippen LogP contribution in [0.3, 0.4) is 0 Å². The topological polar surface area (TPSA) is 47.6 Å². The van der Waals surface area contributed by atoms with Crippen molar-refractivity contribution in [2.45, 2.75) is 52.6 Å². The Morgan fingerprint density at radius 3 is 2.67 bits per heavy atom. The van der Waals surface area contributed by atoms with Crippen LogP contribution in [0.1, 0.15) is 38.3 Å². The van der Waals surface area contributed by atoms with Gasteiger partial charge < -0.3 is 14.8 Å². The van der Waals surface area contributed by atoms with Crippen molar-refractivity contribution in [2.75, 3.05) is 6.61 Å². The lowest BCUT2D eigenvalue weighted by Crippen LogP contribution is -2.37. The lowest BCUT2D eigenvalue weighted by atomic mass is 10.0. The van der Waals surface area contributed by atoms with Crippen LogP contribution in [0.25, 0.3) is 0 Å². The second-order valence-electron chi connectivity index (χ2n) is 5.70. The fraction of sp³-hybridized carbons (Fsp3) is 0.588. The van der Waals surface area contributed by atoms with Crippen molar-refractivity contribution < 1.29 is 14.3 Å². The standard InChI is InChI=1S/C17H25NO3/c1-4-20-11-15-8-6-5-7-14(15)10-18-17(19)16-12(2)9-13(3)21-16/h5-8,12-13,16H,4,9-11H2,1-3H3,(H,18,19)/t12-,13+,16-/m1/s1. The van der Waals surface area contributed by atoms with Gasteiger partial charge in [-0.2, -0.15) is 0 Å².